The van der Waals surface area contributed by atoms with Crippen molar-refractivity contribution in [2.24, 2.45) is 34.8 Å². The van der Waals surface area contributed by atoms with E-state index in [1.54, 1.807) is 68.4 Å². The number of carboxylic acids is 4. The zero-order valence-electron chi connectivity index (χ0n) is 70.2. The number of para-hydroxylation sites is 1. The normalized spacial score (nSPS) is 15.4. The van der Waals surface area contributed by atoms with Gasteiger partial charge in [0.1, 0.15) is 84.3 Å². The lowest BCUT2D eigenvalue weighted by Crippen LogP contribution is -2.62. The van der Waals surface area contributed by atoms with Crippen molar-refractivity contribution in [2.45, 2.75) is 209 Å². The number of phenols is 1. The van der Waals surface area contributed by atoms with Crippen molar-refractivity contribution in [2.75, 3.05) is 31.1 Å². The summed E-state index contributed by atoms with van der Waals surface area (Å²) in [5.41, 5.74) is 24.3. The van der Waals surface area contributed by atoms with Gasteiger partial charge in [-0.05, 0) is 98.1 Å². The van der Waals surface area contributed by atoms with Crippen LogP contribution in [0.15, 0.2) is 85.1 Å². The van der Waals surface area contributed by atoms with E-state index in [2.05, 4.69) is 105 Å². The Morgan fingerprint density at radius 1 is 0.472 bits per heavy atom. The molecular weight excluding hydrogens is 1700 g/mol. The number of likely N-dealkylation sites (tertiary alicyclic amines) is 1. The van der Waals surface area contributed by atoms with Crippen molar-refractivity contribution in [3.8, 4) is 5.75 Å². The molecule has 1 saturated heterocycles. The molecule has 127 heavy (non-hydrogen) atoms. The van der Waals surface area contributed by atoms with Gasteiger partial charge in [0, 0.05) is 73.9 Å². The molecule has 1 aliphatic heterocycles. The second kappa shape index (κ2) is 51.8. The monoisotopic (exact) mass is 1810 g/mol. The van der Waals surface area contributed by atoms with Crippen LogP contribution in [0, 0.1) is 22.7 Å². The molecule has 45 nitrogen and oxygen atoms in total. The van der Waals surface area contributed by atoms with Crippen LogP contribution in [0.2, 0.25) is 0 Å². The SMILES string of the molecule is CC(C)C[C@H](N)C(=O)N[C@@H](CS)C(=O)N[C@@H](CC(=O)O)C(=O)N[C@@H](CC(=O)O)C(=O)N1CCC[C@H]1C(=O)N[C@@H](CCCNC(=N)N)C(=O)N[C@H](C(=O)N[C@@H](CC(=O)O)C(=O)N[C@@H](CCCNC(=N)N)C(=O)N[C@@H](Cc1c[nH]c2ccccc12)C(=O)N[C@@H](Cc1ccc(O)cc1)C(=O)N[C@@H](CS)C(=O)N[C@@H](CCC(N)=O)C(=O)N[C@@H](Cc1ccccc1)C(=O)O)C(C)C. The first-order valence-corrected chi connectivity index (χ1v) is 41.9. The zero-order valence-corrected chi connectivity index (χ0v) is 72.0. The fourth-order valence-electron chi connectivity index (χ4n) is 13.4. The average molecular weight is 1820 g/mol. The van der Waals surface area contributed by atoms with Gasteiger partial charge >= 0.3 is 23.9 Å². The van der Waals surface area contributed by atoms with Crippen LogP contribution < -0.4 is 97.4 Å². The van der Waals surface area contributed by atoms with E-state index in [-0.39, 0.29) is 94.8 Å². The summed E-state index contributed by atoms with van der Waals surface area (Å²) in [7, 11) is 0. The molecule has 5 rings (SSSR count). The van der Waals surface area contributed by atoms with Crippen molar-refractivity contribution >= 4 is 155 Å². The third kappa shape index (κ3) is 35.3. The second-order valence-corrected chi connectivity index (χ2v) is 31.7. The summed E-state index contributed by atoms with van der Waals surface area (Å²) >= 11 is 8.39. The van der Waals surface area contributed by atoms with E-state index in [1.165, 1.54) is 44.3 Å². The number of nitrogens with two attached hydrogens (primary N) is 4. The number of aromatic nitrogens is 1. The number of H-pyrrole nitrogens is 1. The standard InChI is InChI=1S/C80H114N22O23S2/c1-39(2)29-46(81)65(111)99-57(37-126)74(120)95-53(33-61(105)106)72(118)97-55(35-63(109)110)77(123)102-28-12-19-59(102)75(121)92-49(18-11-27-88-80(85)86)68(114)101-64(40(3)4)76(122)96-54(34-62(107)108)71(117)90-48(17-10-26-87-79(83)84)66(112)94-52(32-43-36-89-47-16-9-8-15-45(43)47)70(116)93-51(30-42-20-22-44(103)23-21-42)69(115)100-58(38-127)73(119)91-50(24-25-60(82)104)67(113)98-56(78(124)125)31-41-13-6-5-7-14-41/h5-9,13-16,20-23,36,39-40,46,48-59,64,89,103,126-127H,10-12,17-19,24-35,37-38,81H2,1-4H3,(H2,82,104)(H,90,117)(H,91,119)(H,92,121)(H,93,116)(H,94,112)(H,95,120)(H,96,122)(H,97,118)(H,98,113)(H,99,111)(H,100,115)(H,101,114)(H,105,106)(H,107,108)(H,109,110)(H,124,125)(H4,83,84,87)(H4,85,86,88)/t46-,48-,49-,50-,51-,52-,53-,54-,55-,56-,57-,58-,59-,64-/m0/s1. The molecule has 0 saturated carbocycles. The van der Waals surface area contributed by atoms with Crippen LogP contribution in [-0.2, 0) is 106 Å². The van der Waals surface area contributed by atoms with Crippen LogP contribution >= 0.6 is 25.3 Å². The highest BCUT2D eigenvalue weighted by atomic mass is 32.1. The number of aromatic amines is 1. The Balaban J connectivity index is 1.43. The number of aromatic hydroxyl groups is 1. The van der Waals surface area contributed by atoms with Crippen molar-refractivity contribution < 1.29 is 112 Å². The summed E-state index contributed by atoms with van der Waals surface area (Å²) in [4.78, 5) is 252. The van der Waals surface area contributed by atoms with E-state index in [1.807, 2.05) is 0 Å². The molecule has 1 fully saturated rings. The van der Waals surface area contributed by atoms with Crippen molar-refractivity contribution in [3.05, 3.63) is 102 Å². The molecule has 1 aliphatic rings. The lowest BCUT2D eigenvalue weighted by molar-refractivity contribution is -0.147. The topological polar surface area (TPSA) is 748 Å². The summed E-state index contributed by atoms with van der Waals surface area (Å²) in [6, 6.07) is -3.21. The van der Waals surface area contributed by atoms with Crippen LogP contribution in [0.4, 0.5) is 0 Å². The van der Waals surface area contributed by atoms with Gasteiger partial charge in [0.25, 0.3) is 0 Å². The number of guanidine groups is 2. The first kappa shape index (κ1) is 104. The molecule has 0 radical (unpaired) electrons. The minimum atomic E-state index is -2.10. The number of rotatable bonds is 54. The molecule has 14 atom stereocenters. The van der Waals surface area contributed by atoms with Gasteiger partial charge in [-0.3, -0.25) is 92.3 Å². The van der Waals surface area contributed by atoms with Gasteiger partial charge in [-0.2, -0.15) is 25.3 Å². The molecular formula is C80H114N22O23S2. The van der Waals surface area contributed by atoms with Gasteiger partial charge in [0.15, 0.2) is 11.9 Å². The number of nitrogens with one attached hydrogen (secondary N) is 17. The molecule has 3 aromatic carbocycles. The molecule has 0 bridgehead atoms. The summed E-state index contributed by atoms with van der Waals surface area (Å²) in [6.07, 6.45) is -4.52. The first-order valence-electron chi connectivity index (χ1n) is 40.6. The Kier molecular flexibility index (Phi) is 42.5. The second-order valence-electron chi connectivity index (χ2n) is 30.9. The zero-order chi connectivity index (χ0) is 94.5. The summed E-state index contributed by atoms with van der Waals surface area (Å²) in [5.74, 6) is -24.9. The third-order valence-corrected chi connectivity index (χ3v) is 20.7. The molecule has 30 N–H and O–H groups in total. The van der Waals surface area contributed by atoms with Crippen molar-refractivity contribution in [1.29, 1.82) is 10.8 Å². The molecule has 4 aromatic rings. The molecule has 0 aliphatic carbocycles. The fraction of sp³-hybridized carbons (Fsp3) is 0.500. The predicted molar refractivity (Wildman–Crippen MR) is 463 cm³/mol. The lowest BCUT2D eigenvalue weighted by atomic mass is 10.0. The molecule has 0 unspecified atom stereocenters. The van der Waals surface area contributed by atoms with Crippen molar-refractivity contribution in [1.82, 2.24) is 84.3 Å². The Labute approximate surface area is 740 Å². The maximum absolute atomic E-state index is 15.2. The summed E-state index contributed by atoms with van der Waals surface area (Å²) in [5, 5.41) is 101. The smallest absolute Gasteiger partial charge is 0.326 e. The number of hydrogen-bond acceptors (Lipinski definition) is 24. The Bertz CT molecular complexity index is 4580. The van der Waals surface area contributed by atoms with Gasteiger partial charge < -0.3 is 133 Å². The van der Waals surface area contributed by atoms with E-state index < -0.39 is 253 Å². The first-order chi connectivity index (χ1) is 60.0. The summed E-state index contributed by atoms with van der Waals surface area (Å²) in [6.45, 7) is 5.99. The molecule has 2 heterocycles. The predicted octanol–water partition coefficient (Wildman–Crippen LogP) is -5.10. The number of primary amides is 1. The molecule has 0 spiro atoms. The summed E-state index contributed by atoms with van der Waals surface area (Å²) < 4.78 is 0. The van der Waals surface area contributed by atoms with Crippen LogP contribution in [0.25, 0.3) is 10.9 Å². The van der Waals surface area contributed by atoms with Crippen molar-refractivity contribution in [3.63, 3.8) is 0 Å². The number of amides is 14. The number of carbonyl (C=O) groups is 18. The Hall–Kier alpha value is -13.3. The highest BCUT2D eigenvalue weighted by Gasteiger charge is 2.43. The number of thiol groups is 2. The molecule has 694 valence electrons. The highest BCUT2D eigenvalue weighted by molar-refractivity contribution is 7.80. The van der Waals surface area contributed by atoms with Gasteiger partial charge in [-0.25, -0.2) is 4.79 Å². The number of nitrogens with zero attached hydrogens (tertiary/aromatic N) is 1. The van der Waals surface area contributed by atoms with Crippen LogP contribution in [0.1, 0.15) is 121 Å². The maximum Gasteiger partial charge on any atom is 0.326 e. The minimum absolute atomic E-state index is 0.0328. The molecule has 14 amide bonds. The third-order valence-electron chi connectivity index (χ3n) is 20.0. The number of benzene rings is 3. The number of phenolic OH excluding ortho intramolecular Hbond substituents is 1. The van der Waals surface area contributed by atoms with Gasteiger partial charge in [0.2, 0.25) is 82.7 Å². The van der Waals surface area contributed by atoms with Crippen LogP contribution in [0.5, 0.6) is 5.75 Å². The van der Waals surface area contributed by atoms with E-state index in [0.29, 0.717) is 27.6 Å². The Morgan fingerprint density at radius 2 is 0.882 bits per heavy atom. The quantitative estimate of drug-likeness (QED) is 0.00851. The van der Waals surface area contributed by atoms with Crippen LogP contribution in [0.3, 0.4) is 0 Å². The fourth-order valence-corrected chi connectivity index (χ4v) is 13.9. The number of carbonyl (C=O) groups excluding carboxylic acids is 14. The van der Waals surface area contributed by atoms with E-state index in [4.69, 9.17) is 33.8 Å². The van der Waals surface area contributed by atoms with E-state index in [0.717, 1.165) is 4.90 Å². The highest BCUT2D eigenvalue weighted by Crippen LogP contribution is 2.23. The van der Waals surface area contributed by atoms with Gasteiger partial charge in [-0.15, -0.1) is 0 Å². The number of aliphatic carboxylic acids is 4. The number of carboxylic acid groups (broad SMARTS) is 4. The largest absolute Gasteiger partial charge is 0.508 e. The van der Waals surface area contributed by atoms with E-state index >= 15 is 9.59 Å². The minimum Gasteiger partial charge on any atom is -0.508 e. The average Bonchev–Trinajstić information content (AvgIpc) is 1.71. The lowest BCUT2D eigenvalue weighted by Gasteiger charge is -2.31. The van der Waals surface area contributed by atoms with Gasteiger partial charge in [0.05, 0.1) is 25.3 Å². The molecule has 47 heteroatoms. The maximum atomic E-state index is 15.2. The van der Waals surface area contributed by atoms with E-state index in [9.17, 15) is 102 Å². The number of hydrogen-bond donors (Lipinski definition) is 28. The Morgan fingerprint density at radius 3 is 1.39 bits per heavy atom. The molecule has 1 aromatic heterocycles. The number of fused-ring (bicyclic) bond motifs is 1. The van der Waals surface area contributed by atoms with Crippen LogP contribution in [-0.4, -0.2) is 270 Å². The van der Waals surface area contributed by atoms with Gasteiger partial charge in [-0.1, -0.05) is 88.4 Å².